The van der Waals surface area contributed by atoms with Crippen molar-refractivity contribution in [3.63, 3.8) is 0 Å². The lowest BCUT2D eigenvalue weighted by Gasteiger charge is -2.12. The van der Waals surface area contributed by atoms with Gasteiger partial charge in [0.15, 0.2) is 23.2 Å². The monoisotopic (exact) mass is 370 g/mol. The van der Waals surface area contributed by atoms with E-state index in [0.717, 1.165) is 0 Å². The summed E-state index contributed by atoms with van der Waals surface area (Å²) in [5, 5.41) is 11.8. The molecular weight excluding hydrogens is 351 g/mol. The predicted octanol–water partition coefficient (Wildman–Crippen LogP) is 3.12. The molecule has 6 nitrogen and oxygen atoms in total. The Morgan fingerprint density at radius 1 is 1.15 bits per heavy atom. The Morgan fingerprint density at radius 2 is 1.89 bits per heavy atom. The van der Waals surface area contributed by atoms with E-state index in [4.69, 9.17) is 9.47 Å². The quantitative estimate of drug-likeness (QED) is 0.721. The Balaban J connectivity index is 2.02. The minimum Gasteiger partial charge on any atom is -0.493 e. The van der Waals surface area contributed by atoms with Gasteiger partial charge in [-0.2, -0.15) is 5.26 Å². The van der Waals surface area contributed by atoms with Gasteiger partial charge >= 0.3 is 0 Å². The molecule has 2 aromatic carbocycles. The first-order valence-corrected chi connectivity index (χ1v) is 8.18. The zero-order valence-corrected chi connectivity index (χ0v) is 15.0. The molecule has 140 valence electrons. The van der Waals surface area contributed by atoms with E-state index in [9.17, 15) is 19.2 Å². The normalized spacial score (nSPS) is 11.2. The molecule has 2 aromatic rings. The van der Waals surface area contributed by atoms with Crippen molar-refractivity contribution in [3.05, 3.63) is 53.8 Å². The van der Waals surface area contributed by atoms with Crippen molar-refractivity contribution in [3.8, 4) is 17.6 Å². The minimum atomic E-state index is -1.45. The first-order valence-electron chi connectivity index (χ1n) is 8.18. The number of carbonyl (C=O) groups is 2. The maximum absolute atomic E-state index is 13.2. The Bertz CT molecular complexity index is 877. The van der Waals surface area contributed by atoms with Crippen LogP contribution in [0, 0.1) is 23.1 Å². The van der Waals surface area contributed by atoms with Crippen LogP contribution in [0.1, 0.15) is 12.0 Å². The van der Waals surface area contributed by atoms with Crippen LogP contribution in [0.4, 0.5) is 10.1 Å². The van der Waals surface area contributed by atoms with Gasteiger partial charge in [-0.1, -0.05) is 12.1 Å². The maximum atomic E-state index is 13.2. The molecular formula is C20H19FN2O4. The summed E-state index contributed by atoms with van der Waals surface area (Å²) in [6.45, 7) is 0. The number of Topliss-reactive ketones (excluding diaryl/α,β-unsaturated/α-hetero) is 1. The lowest BCUT2D eigenvalue weighted by Crippen LogP contribution is -2.28. The minimum absolute atomic E-state index is 0.0406. The molecule has 27 heavy (non-hydrogen) atoms. The summed E-state index contributed by atoms with van der Waals surface area (Å²) in [6.07, 6.45) is 0.208. The van der Waals surface area contributed by atoms with Gasteiger partial charge in [-0.3, -0.25) is 9.59 Å². The highest BCUT2D eigenvalue weighted by molar-refractivity contribution is 6.09. The molecule has 0 saturated heterocycles. The summed E-state index contributed by atoms with van der Waals surface area (Å²) < 4.78 is 23.4. The highest BCUT2D eigenvalue weighted by Crippen LogP contribution is 2.29. The molecule has 1 unspecified atom stereocenters. The van der Waals surface area contributed by atoms with Crippen molar-refractivity contribution in [2.75, 3.05) is 19.5 Å². The number of anilines is 1. The molecule has 0 spiro atoms. The number of aryl methyl sites for hydroxylation is 1. The molecule has 0 saturated carbocycles. The number of ether oxygens (including phenoxy) is 2. The van der Waals surface area contributed by atoms with E-state index >= 15 is 0 Å². The number of nitrogens with zero attached hydrogens (tertiary/aromatic N) is 1. The Kier molecular flexibility index (Phi) is 6.89. The van der Waals surface area contributed by atoms with Crippen molar-refractivity contribution < 1.29 is 23.5 Å². The second kappa shape index (κ2) is 9.34. The van der Waals surface area contributed by atoms with E-state index in [0.29, 0.717) is 22.7 Å². The van der Waals surface area contributed by atoms with Crippen LogP contribution in [0.5, 0.6) is 11.5 Å². The molecule has 2 rings (SSSR count). The van der Waals surface area contributed by atoms with Crippen LogP contribution in [-0.4, -0.2) is 25.9 Å². The molecule has 0 aliphatic carbocycles. The third-order valence-electron chi connectivity index (χ3n) is 3.91. The Labute approximate surface area is 156 Å². The smallest absolute Gasteiger partial charge is 0.249 e. The third kappa shape index (κ3) is 5.28. The number of nitrogens with one attached hydrogen (secondary N) is 1. The molecule has 0 aromatic heterocycles. The number of ketones is 1. The molecule has 0 heterocycles. The van der Waals surface area contributed by atoms with Crippen LogP contribution < -0.4 is 14.8 Å². The van der Waals surface area contributed by atoms with E-state index in [2.05, 4.69) is 5.32 Å². The largest absolute Gasteiger partial charge is 0.493 e. The number of rotatable bonds is 8. The van der Waals surface area contributed by atoms with Crippen molar-refractivity contribution in [2.45, 2.75) is 12.8 Å². The summed E-state index contributed by atoms with van der Waals surface area (Å²) in [5.74, 6) is -2.22. The van der Waals surface area contributed by atoms with Crippen LogP contribution in [0.25, 0.3) is 0 Å². The fourth-order valence-corrected chi connectivity index (χ4v) is 2.51. The van der Waals surface area contributed by atoms with Gasteiger partial charge in [-0.15, -0.1) is 0 Å². The molecule has 1 amide bonds. The molecule has 1 N–H and O–H groups in total. The first kappa shape index (κ1) is 19.9. The number of halogens is 1. The zero-order valence-electron chi connectivity index (χ0n) is 15.0. The number of benzene rings is 2. The summed E-state index contributed by atoms with van der Waals surface area (Å²) in [7, 11) is 2.94. The third-order valence-corrected chi connectivity index (χ3v) is 3.91. The number of amides is 1. The van der Waals surface area contributed by atoms with Crippen molar-refractivity contribution in [1.82, 2.24) is 0 Å². The van der Waals surface area contributed by atoms with Gasteiger partial charge in [-0.05, 0) is 36.2 Å². The van der Waals surface area contributed by atoms with Gasteiger partial charge in [0.1, 0.15) is 5.82 Å². The highest BCUT2D eigenvalue weighted by Gasteiger charge is 2.26. The number of methoxy groups -OCH3 is 2. The van der Waals surface area contributed by atoms with E-state index in [1.165, 1.54) is 32.4 Å². The van der Waals surface area contributed by atoms with Gasteiger partial charge < -0.3 is 14.8 Å². The van der Waals surface area contributed by atoms with Crippen LogP contribution >= 0.6 is 0 Å². The molecule has 0 aliphatic heterocycles. The van der Waals surface area contributed by atoms with E-state index in [1.807, 2.05) is 0 Å². The van der Waals surface area contributed by atoms with E-state index < -0.39 is 23.4 Å². The average Bonchev–Trinajstić information content (AvgIpc) is 2.66. The highest BCUT2D eigenvalue weighted by atomic mass is 19.1. The van der Waals surface area contributed by atoms with Crippen molar-refractivity contribution in [2.24, 2.45) is 5.92 Å². The summed E-state index contributed by atoms with van der Waals surface area (Å²) >= 11 is 0. The molecule has 7 heteroatoms. The average molecular weight is 370 g/mol. The fourth-order valence-electron chi connectivity index (χ4n) is 2.51. The molecule has 1 atom stereocenters. The molecule has 0 bridgehead atoms. The van der Waals surface area contributed by atoms with Crippen molar-refractivity contribution in [1.29, 1.82) is 5.26 Å². The van der Waals surface area contributed by atoms with E-state index in [-0.39, 0.29) is 12.8 Å². The van der Waals surface area contributed by atoms with Crippen LogP contribution in [0.3, 0.4) is 0 Å². The van der Waals surface area contributed by atoms with Crippen LogP contribution in [0.15, 0.2) is 42.5 Å². The lowest BCUT2D eigenvalue weighted by atomic mass is 9.98. The number of nitriles is 1. The van der Waals surface area contributed by atoms with Gasteiger partial charge in [0.25, 0.3) is 0 Å². The van der Waals surface area contributed by atoms with Gasteiger partial charge in [0.2, 0.25) is 5.91 Å². The van der Waals surface area contributed by atoms with Crippen molar-refractivity contribution >= 4 is 17.4 Å². The second-order valence-electron chi connectivity index (χ2n) is 5.72. The zero-order chi connectivity index (χ0) is 19.8. The predicted molar refractivity (Wildman–Crippen MR) is 97.0 cm³/mol. The lowest BCUT2D eigenvalue weighted by molar-refractivity contribution is -0.128. The van der Waals surface area contributed by atoms with E-state index in [1.54, 1.807) is 30.3 Å². The first-order chi connectivity index (χ1) is 13.0. The number of carbonyl (C=O) groups excluding carboxylic acids is 2. The topological polar surface area (TPSA) is 88.4 Å². The standard InChI is InChI=1S/C20H19FN2O4/c1-26-18-9-7-15(11-19(18)27-2)23-20(25)16(12-22)17(24)8-6-13-4-3-5-14(21)10-13/h3-5,7,9-11,16H,6,8H2,1-2H3,(H,23,25). The fraction of sp³-hybridized carbons (Fsp3) is 0.250. The SMILES string of the molecule is COc1ccc(NC(=O)C(C#N)C(=O)CCc2cccc(F)c2)cc1OC. The second-order valence-corrected chi connectivity index (χ2v) is 5.72. The summed E-state index contributed by atoms with van der Waals surface area (Å²) in [5.41, 5.74) is 0.996. The van der Waals surface area contributed by atoms with Gasteiger partial charge in [0, 0.05) is 18.2 Å². The Hall–Kier alpha value is -3.40. The Morgan fingerprint density at radius 3 is 2.52 bits per heavy atom. The number of hydrogen-bond donors (Lipinski definition) is 1. The molecule has 0 aliphatic rings. The summed E-state index contributed by atoms with van der Waals surface area (Å²) in [6, 6.07) is 12.3. The summed E-state index contributed by atoms with van der Waals surface area (Å²) in [4.78, 5) is 24.6. The van der Waals surface area contributed by atoms with Gasteiger partial charge in [0.05, 0.1) is 20.3 Å². The molecule has 0 radical (unpaired) electrons. The molecule has 0 fully saturated rings. The van der Waals surface area contributed by atoms with Crippen LogP contribution in [-0.2, 0) is 16.0 Å². The van der Waals surface area contributed by atoms with Gasteiger partial charge in [-0.25, -0.2) is 4.39 Å². The van der Waals surface area contributed by atoms with Crippen LogP contribution in [0.2, 0.25) is 0 Å². The maximum Gasteiger partial charge on any atom is 0.249 e. The number of hydrogen-bond acceptors (Lipinski definition) is 5.